The predicted molar refractivity (Wildman–Crippen MR) is 335 cm³/mol. The fourth-order valence-corrected chi connectivity index (χ4v) is 16.2. The molecule has 77 heavy (non-hydrogen) atoms. The monoisotopic (exact) mass is 1020 g/mol. The van der Waals surface area contributed by atoms with E-state index in [-0.39, 0.29) is 32.5 Å². The third-order valence-electron chi connectivity index (χ3n) is 19.7. The van der Waals surface area contributed by atoms with Crippen molar-refractivity contribution in [2.24, 2.45) is 0 Å². The van der Waals surface area contributed by atoms with Crippen molar-refractivity contribution in [1.29, 1.82) is 0 Å². The quantitative estimate of drug-likeness (QED) is 0.170. The molecule has 0 fully saturated rings. The van der Waals surface area contributed by atoms with Gasteiger partial charge in [-0.3, -0.25) is 0 Å². The van der Waals surface area contributed by atoms with E-state index in [0.717, 1.165) is 25.8 Å². The predicted octanol–water partition coefficient (Wildman–Crippen LogP) is 18.7. The first-order chi connectivity index (χ1) is 36.5. The molecule has 1 aliphatic heterocycles. The van der Waals surface area contributed by atoms with Gasteiger partial charge in [0.2, 0.25) is 0 Å². The highest BCUT2D eigenvalue weighted by molar-refractivity contribution is 7.23. The third kappa shape index (κ3) is 7.12. The summed E-state index contributed by atoms with van der Waals surface area (Å²) < 4.78 is 4.12. The number of fused-ring (bicyclic) bond motifs is 12. The minimum atomic E-state index is -0.292. The molecule has 4 aliphatic rings. The number of thiophene rings is 1. The molecule has 0 saturated carbocycles. The molecule has 14 rings (SSSR count). The van der Waals surface area contributed by atoms with Gasteiger partial charge in [-0.25, -0.2) is 0 Å². The van der Waals surface area contributed by atoms with Gasteiger partial charge in [0.1, 0.15) is 0 Å². The van der Waals surface area contributed by atoms with Crippen LogP contribution in [0.3, 0.4) is 0 Å². The number of rotatable bonds is 5. The lowest BCUT2D eigenvalue weighted by molar-refractivity contribution is 0.332. The molecule has 2 nitrogen and oxygen atoms in total. The van der Waals surface area contributed by atoms with Crippen LogP contribution in [-0.2, 0) is 32.5 Å². The molecule has 0 spiro atoms. The second kappa shape index (κ2) is 16.2. The fourth-order valence-electron chi connectivity index (χ4n) is 14.9. The Hall–Kier alpha value is -6.62. The molecule has 8 aromatic carbocycles. The Bertz CT molecular complexity index is 4130. The summed E-state index contributed by atoms with van der Waals surface area (Å²) in [5, 5.41) is 8.33. The molecule has 0 radical (unpaired) electrons. The van der Waals surface area contributed by atoms with Crippen molar-refractivity contribution in [1.82, 2.24) is 4.57 Å². The number of benzene rings is 8. The van der Waals surface area contributed by atoms with Gasteiger partial charge in [0.05, 0.1) is 5.52 Å². The minimum absolute atomic E-state index is 0.00729. The standard InChI is InChI=1S/C73H73BN2S/c1-68(2,3)44-28-30-45(31-29-44)75-56-39-53-51(69(4,5)32-34-71(53,8)9)36-47(56)63-64-61(46-26-20-21-27-50(46)73(64,12)13)62-48-37-52-54(72(10,11)35-33-70(52,6)7)40-57(48)76-58-38-49-59(41-55(58)74-65(63)66(62)76)77-67(43-24-18-15-19-25-43)60(49)42-22-16-14-17-23-42/h14-31,36-41,74-75H,32-35H2,1-13H3. The van der Waals surface area contributed by atoms with Crippen LogP contribution in [-0.4, -0.2) is 11.8 Å². The van der Waals surface area contributed by atoms with Crippen LogP contribution in [0.5, 0.6) is 0 Å². The highest BCUT2D eigenvalue weighted by Crippen LogP contribution is 2.60. The van der Waals surface area contributed by atoms with Crippen LogP contribution in [0.25, 0.3) is 81.4 Å². The average Bonchev–Trinajstić information content (AvgIpc) is 4.23. The Kier molecular flexibility index (Phi) is 10.3. The maximum absolute atomic E-state index is 4.20. The van der Waals surface area contributed by atoms with Crippen molar-refractivity contribution in [2.45, 2.75) is 148 Å². The lowest BCUT2D eigenvalue weighted by atomic mass is 9.56. The third-order valence-corrected chi connectivity index (χ3v) is 20.9. The molecule has 0 amide bonds. The second-order valence-electron chi connectivity index (χ2n) is 27.9. The van der Waals surface area contributed by atoms with Gasteiger partial charge in [-0.15, -0.1) is 11.3 Å². The molecule has 384 valence electrons. The van der Waals surface area contributed by atoms with Crippen LogP contribution in [0.1, 0.15) is 155 Å². The molecule has 1 N–H and O–H groups in total. The molecule has 4 heteroatoms. The molecular formula is C73H73BN2S. The van der Waals surface area contributed by atoms with Crippen molar-refractivity contribution in [3.63, 3.8) is 0 Å². The van der Waals surface area contributed by atoms with E-state index in [9.17, 15) is 0 Å². The van der Waals surface area contributed by atoms with Crippen molar-refractivity contribution in [3.8, 4) is 49.5 Å². The number of nitrogens with zero attached hydrogens (tertiary/aromatic N) is 1. The summed E-state index contributed by atoms with van der Waals surface area (Å²) in [6.45, 7) is 31.9. The molecule has 10 aromatic rings. The van der Waals surface area contributed by atoms with Gasteiger partial charge in [-0.05, 0) is 174 Å². The number of aromatic nitrogens is 1. The zero-order chi connectivity index (χ0) is 53.5. The van der Waals surface area contributed by atoms with E-state index in [0.29, 0.717) is 0 Å². The first-order valence-corrected chi connectivity index (χ1v) is 29.5. The van der Waals surface area contributed by atoms with E-state index in [4.69, 9.17) is 0 Å². The number of anilines is 2. The smallest absolute Gasteiger partial charge is 0.198 e. The van der Waals surface area contributed by atoms with Gasteiger partial charge in [-0.2, -0.15) is 0 Å². The Morgan fingerprint density at radius 2 is 1.09 bits per heavy atom. The van der Waals surface area contributed by atoms with Crippen molar-refractivity contribution < 1.29 is 0 Å². The van der Waals surface area contributed by atoms with Gasteiger partial charge in [-0.1, -0.05) is 193 Å². The van der Waals surface area contributed by atoms with Crippen LogP contribution in [0.15, 0.2) is 146 Å². The van der Waals surface area contributed by atoms with E-state index in [1.54, 1.807) is 0 Å². The van der Waals surface area contributed by atoms with E-state index >= 15 is 0 Å². The molecule has 0 bridgehead atoms. The van der Waals surface area contributed by atoms with E-state index in [1.807, 2.05) is 11.3 Å². The van der Waals surface area contributed by atoms with Crippen molar-refractivity contribution in [3.05, 3.63) is 185 Å². The van der Waals surface area contributed by atoms with Crippen LogP contribution < -0.4 is 16.2 Å². The minimum Gasteiger partial charge on any atom is -0.355 e. The topological polar surface area (TPSA) is 17.0 Å². The number of hydrogen-bond donors (Lipinski definition) is 1. The first kappa shape index (κ1) is 48.7. The molecule has 0 unspecified atom stereocenters. The highest BCUT2D eigenvalue weighted by atomic mass is 32.1. The fraction of sp³-hybridized carbons (Fsp3) is 0.315. The maximum atomic E-state index is 4.20. The highest BCUT2D eigenvalue weighted by Gasteiger charge is 2.46. The summed E-state index contributed by atoms with van der Waals surface area (Å²) in [5.74, 6) is 0. The Morgan fingerprint density at radius 3 is 1.73 bits per heavy atom. The first-order valence-electron chi connectivity index (χ1n) is 28.6. The van der Waals surface area contributed by atoms with Crippen LogP contribution in [0.2, 0.25) is 0 Å². The van der Waals surface area contributed by atoms with E-state index < -0.39 is 0 Å². The average molecular weight is 1020 g/mol. The van der Waals surface area contributed by atoms with Crippen LogP contribution in [0.4, 0.5) is 11.4 Å². The Balaban J connectivity index is 1.17. The van der Waals surface area contributed by atoms with Gasteiger partial charge < -0.3 is 9.88 Å². The van der Waals surface area contributed by atoms with E-state index in [1.165, 1.54) is 150 Å². The van der Waals surface area contributed by atoms with Crippen LogP contribution in [0, 0.1) is 0 Å². The summed E-state index contributed by atoms with van der Waals surface area (Å²) in [5.41, 5.74) is 28.7. The zero-order valence-corrected chi connectivity index (χ0v) is 48.6. The van der Waals surface area contributed by atoms with Gasteiger partial charge >= 0.3 is 0 Å². The maximum Gasteiger partial charge on any atom is 0.198 e. The number of nitrogens with one attached hydrogen (secondary N) is 1. The molecule has 0 atom stereocenters. The summed E-state index contributed by atoms with van der Waals surface area (Å²) >= 11 is 1.96. The van der Waals surface area contributed by atoms with Gasteiger partial charge in [0, 0.05) is 64.9 Å². The number of hydrogen-bond acceptors (Lipinski definition) is 2. The summed E-state index contributed by atoms with van der Waals surface area (Å²) in [4.78, 5) is 1.33. The molecule has 3 heterocycles. The second-order valence-corrected chi connectivity index (χ2v) is 28.9. The molecule has 0 saturated heterocycles. The van der Waals surface area contributed by atoms with Gasteiger partial charge in [0.15, 0.2) is 7.28 Å². The summed E-state index contributed by atoms with van der Waals surface area (Å²) in [7, 11) is 0.828. The van der Waals surface area contributed by atoms with Crippen molar-refractivity contribution >= 4 is 72.8 Å². The molecule has 2 aromatic heterocycles. The SMILES string of the molecule is CC(C)(C)c1ccc(Nc2cc3c(cc2-c2c4c(c5c6cc7c(cc6n6c5c2Bc2cc5sc(-c8ccccc8)c(-c8ccccc8)c5cc2-6)C(C)(C)CCC7(C)C)-c2ccccc2C4(C)C)C(C)(C)CCC3(C)C)cc1. The van der Waals surface area contributed by atoms with E-state index in [2.05, 4.69) is 245 Å². The largest absolute Gasteiger partial charge is 0.355 e. The normalized spacial score (nSPS) is 17.8. The Morgan fingerprint density at radius 1 is 0.519 bits per heavy atom. The summed E-state index contributed by atoms with van der Waals surface area (Å²) in [6.07, 6.45) is 4.65. The lowest BCUT2D eigenvalue weighted by Gasteiger charge is -2.43. The molecular weight excluding hydrogens is 948 g/mol. The van der Waals surface area contributed by atoms with Crippen LogP contribution >= 0.6 is 11.3 Å². The van der Waals surface area contributed by atoms with Gasteiger partial charge in [0.25, 0.3) is 0 Å². The lowest BCUT2D eigenvalue weighted by Crippen LogP contribution is -2.39. The zero-order valence-electron chi connectivity index (χ0n) is 47.7. The summed E-state index contributed by atoms with van der Waals surface area (Å²) in [6, 6.07) is 56.9. The Labute approximate surface area is 462 Å². The van der Waals surface area contributed by atoms with Crippen molar-refractivity contribution in [2.75, 3.05) is 5.32 Å². The molecule has 3 aliphatic carbocycles.